The molecule has 0 aromatic heterocycles. The van der Waals surface area contributed by atoms with Gasteiger partial charge in [0.2, 0.25) is 12.3 Å². The van der Waals surface area contributed by atoms with Gasteiger partial charge in [0.05, 0.1) is 5.41 Å². The SMILES string of the molecule is O=C(NC(CC(F)F)C(=O)N1CC2CC2(C(=O)O)C1)OCC1c2ccccc2-c2ccccc21. The maximum absolute atomic E-state index is 13.2. The fraction of sp³-hybridized carbons (Fsp3) is 0.400. The zero-order chi connectivity index (χ0) is 24.0. The molecule has 3 aliphatic rings. The second kappa shape index (κ2) is 8.38. The zero-order valence-electron chi connectivity index (χ0n) is 18.2. The van der Waals surface area contributed by atoms with Gasteiger partial charge in [-0.25, -0.2) is 13.6 Å². The van der Waals surface area contributed by atoms with Crippen molar-refractivity contribution in [3.05, 3.63) is 59.7 Å². The number of aliphatic carboxylic acids is 1. The Morgan fingerprint density at radius 1 is 1.09 bits per heavy atom. The Kier molecular flexibility index (Phi) is 5.50. The zero-order valence-corrected chi connectivity index (χ0v) is 18.2. The average molecular weight is 470 g/mol. The van der Waals surface area contributed by atoms with Crippen LogP contribution >= 0.6 is 0 Å². The quantitative estimate of drug-likeness (QED) is 0.646. The van der Waals surface area contributed by atoms with Crippen LogP contribution in [0.15, 0.2) is 48.5 Å². The average Bonchev–Trinajstić information content (AvgIpc) is 3.24. The third-order valence-corrected chi connectivity index (χ3v) is 7.23. The van der Waals surface area contributed by atoms with E-state index in [1.807, 2.05) is 48.5 Å². The molecule has 7 nitrogen and oxygen atoms in total. The van der Waals surface area contributed by atoms with Crippen molar-refractivity contribution in [2.45, 2.75) is 31.2 Å². The molecule has 3 atom stereocenters. The number of carbonyl (C=O) groups excluding carboxylic acids is 2. The Morgan fingerprint density at radius 3 is 2.26 bits per heavy atom. The van der Waals surface area contributed by atoms with Crippen molar-refractivity contribution in [3.8, 4) is 11.1 Å². The summed E-state index contributed by atoms with van der Waals surface area (Å²) in [6.45, 7) is 0.151. The number of rotatable bonds is 7. The second-order valence-corrected chi connectivity index (χ2v) is 9.23. The minimum absolute atomic E-state index is 0.0106. The van der Waals surface area contributed by atoms with Gasteiger partial charge < -0.3 is 20.1 Å². The lowest BCUT2D eigenvalue weighted by atomic mass is 9.98. The number of piperidine rings is 1. The van der Waals surface area contributed by atoms with Crippen LogP contribution in [0.5, 0.6) is 0 Å². The summed E-state index contributed by atoms with van der Waals surface area (Å²) in [5.74, 6) is -2.07. The van der Waals surface area contributed by atoms with Gasteiger partial charge in [0.15, 0.2) is 0 Å². The predicted molar refractivity (Wildman–Crippen MR) is 117 cm³/mol. The van der Waals surface area contributed by atoms with Crippen molar-refractivity contribution in [3.63, 3.8) is 0 Å². The highest BCUT2D eigenvalue weighted by Gasteiger charge is 2.66. The van der Waals surface area contributed by atoms with E-state index in [0.29, 0.717) is 6.42 Å². The number of likely N-dealkylation sites (tertiary alicyclic amines) is 1. The van der Waals surface area contributed by atoms with E-state index in [1.54, 1.807) is 0 Å². The number of carboxylic acids is 1. The molecule has 1 aliphatic heterocycles. The molecule has 0 spiro atoms. The van der Waals surface area contributed by atoms with Gasteiger partial charge in [-0.1, -0.05) is 48.5 Å². The van der Waals surface area contributed by atoms with Crippen molar-refractivity contribution < 1.29 is 33.0 Å². The van der Waals surface area contributed by atoms with Crippen LogP contribution in [0.3, 0.4) is 0 Å². The van der Waals surface area contributed by atoms with Gasteiger partial charge in [-0.05, 0) is 34.6 Å². The molecule has 0 bridgehead atoms. The number of hydrogen-bond donors (Lipinski definition) is 2. The summed E-state index contributed by atoms with van der Waals surface area (Å²) in [6, 6.07) is 14.1. The molecule has 2 aliphatic carbocycles. The van der Waals surface area contributed by atoms with E-state index in [4.69, 9.17) is 4.74 Å². The largest absolute Gasteiger partial charge is 0.481 e. The summed E-state index contributed by atoms with van der Waals surface area (Å²) >= 11 is 0. The first kappa shape index (κ1) is 22.3. The van der Waals surface area contributed by atoms with Crippen molar-refractivity contribution in [2.75, 3.05) is 19.7 Å². The Bertz CT molecular complexity index is 1110. The summed E-state index contributed by atoms with van der Waals surface area (Å²) < 4.78 is 31.7. The van der Waals surface area contributed by atoms with Crippen molar-refractivity contribution in [2.24, 2.45) is 11.3 Å². The smallest absolute Gasteiger partial charge is 0.407 e. The fourth-order valence-corrected chi connectivity index (χ4v) is 5.38. The minimum atomic E-state index is -2.83. The number of fused-ring (bicyclic) bond motifs is 4. The molecule has 178 valence electrons. The van der Waals surface area contributed by atoms with Crippen LogP contribution < -0.4 is 5.32 Å². The van der Waals surface area contributed by atoms with Crippen LogP contribution in [-0.2, 0) is 14.3 Å². The fourth-order valence-electron chi connectivity index (χ4n) is 5.38. The van der Waals surface area contributed by atoms with Gasteiger partial charge in [0.1, 0.15) is 12.6 Å². The van der Waals surface area contributed by atoms with Crippen LogP contribution in [0.25, 0.3) is 11.1 Å². The third-order valence-electron chi connectivity index (χ3n) is 7.23. The number of alkyl carbamates (subject to hydrolysis) is 1. The molecule has 9 heteroatoms. The van der Waals surface area contributed by atoms with Crippen LogP contribution in [0, 0.1) is 11.3 Å². The van der Waals surface area contributed by atoms with Crippen LogP contribution in [0.4, 0.5) is 13.6 Å². The van der Waals surface area contributed by atoms with E-state index in [9.17, 15) is 28.3 Å². The predicted octanol–water partition coefficient (Wildman–Crippen LogP) is 3.48. The molecule has 3 unspecified atom stereocenters. The van der Waals surface area contributed by atoms with E-state index in [-0.39, 0.29) is 31.5 Å². The summed E-state index contributed by atoms with van der Waals surface area (Å²) in [4.78, 5) is 38.2. The second-order valence-electron chi connectivity index (χ2n) is 9.23. The molecular formula is C25H24F2N2O5. The molecule has 2 fully saturated rings. The number of amides is 2. The minimum Gasteiger partial charge on any atom is -0.481 e. The number of alkyl halides is 2. The maximum Gasteiger partial charge on any atom is 0.407 e. The molecular weight excluding hydrogens is 446 g/mol. The molecule has 1 saturated carbocycles. The van der Waals surface area contributed by atoms with E-state index >= 15 is 0 Å². The van der Waals surface area contributed by atoms with Crippen molar-refractivity contribution in [1.29, 1.82) is 0 Å². The summed E-state index contributed by atoms with van der Waals surface area (Å²) in [5.41, 5.74) is 3.14. The van der Waals surface area contributed by atoms with Gasteiger partial charge in [-0.2, -0.15) is 0 Å². The maximum atomic E-state index is 13.2. The van der Waals surface area contributed by atoms with Crippen LogP contribution in [0.1, 0.15) is 29.9 Å². The first-order valence-electron chi connectivity index (χ1n) is 11.2. The van der Waals surface area contributed by atoms with Gasteiger partial charge in [-0.15, -0.1) is 0 Å². The Balaban J connectivity index is 1.24. The summed E-state index contributed by atoms with van der Waals surface area (Å²) in [5, 5.41) is 11.7. The molecule has 2 aromatic carbocycles. The molecule has 1 heterocycles. The van der Waals surface area contributed by atoms with Gasteiger partial charge >= 0.3 is 12.1 Å². The van der Waals surface area contributed by atoms with Crippen molar-refractivity contribution in [1.82, 2.24) is 10.2 Å². The standard InChI is InChI=1S/C25H24F2N2O5/c26-21(27)9-20(22(30)29-11-14-10-25(14,13-29)23(31)32)28-24(33)34-12-19-17-7-3-1-5-15(17)16-6-2-4-8-18(16)19/h1-8,14,19-21H,9-13H2,(H,28,33)(H,31,32). The summed E-state index contributed by atoms with van der Waals surface area (Å²) in [7, 11) is 0. The highest BCUT2D eigenvalue weighted by atomic mass is 19.3. The van der Waals surface area contributed by atoms with Gasteiger partial charge in [0, 0.05) is 25.4 Å². The van der Waals surface area contributed by atoms with Gasteiger partial charge in [0.25, 0.3) is 0 Å². The van der Waals surface area contributed by atoms with E-state index in [2.05, 4.69) is 5.32 Å². The number of nitrogens with zero attached hydrogens (tertiary/aromatic N) is 1. The Morgan fingerprint density at radius 2 is 1.71 bits per heavy atom. The highest BCUT2D eigenvalue weighted by molar-refractivity contribution is 5.88. The first-order chi connectivity index (χ1) is 16.3. The highest BCUT2D eigenvalue weighted by Crippen LogP contribution is 2.58. The number of nitrogens with one attached hydrogen (secondary N) is 1. The number of hydrogen-bond acceptors (Lipinski definition) is 4. The molecule has 1 saturated heterocycles. The van der Waals surface area contributed by atoms with E-state index < -0.39 is 42.3 Å². The Labute approximate surface area is 194 Å². The molecule has 2 N–H and O–H groups in total. The molecule has 2 aromatic rings. The molecule has 34 heavy (non-hydrogen) atoms. The molecule has 2 amide bonds. The molecule has 0 radical (unpaired) electrons. The number of halogens is 2. The third kappa shape index (κ3) is 3.78. The monoisotopic (exact) mass is 470 g/mol. The van der Waals surface area contributed by atoms with Gasteiger partial charge in [-0.3, -0.25) is 9.59 Å². The van der Waals surface area contributed by atoms with Crippen LogP contribution in [0.2, 0.25) is 0 Å². The van der Waals surface area contributed by atoms with Crippen molar-refractivity contribution >= 4 is 18.0 Å². The number of benzene rings is 2. The normalized spacial score (nSPS) is 23.1. The lowest BCUT2D eigenvalue weighted by Gasteiger charge is -2.26. The number of carbonyl (C=O) groups is 3. The molecule has 5 rings (SSSR count). The van der Waals surface area contributed by atoms with E-state index in [0.717, 1.165) is 22.3 Å². The van der Waals surface area contributed by atoms with E-state index in [1.165, 1.54) is 4.90 Å². The Hall–Kier alpha value is -3.49. The van der Waals surface area contributed by atoms with Crippen LogP contribution in [-0.4, -0.2) is 60.1 Å². The lowest BCUT2D eigenvalue weighted by molar-refractivity contribution is -0.144. The number of carboxylic acid groups (broad SMARTS) is 1. The summed E-state index contributed by atoms with van der Waals surface area (Å²) in [6.07, 6.45) is -4.18. The number of ether oxygens (including phenoxy) is 1. The lowest BCUT2D eigenvalue weighted by Crippen LogP contribution is -2.50. The first-order valence-corrected chi connectivity index (χ1v) is 11.2. The topological polar surface area (TPSA) is 95.9 Å².